The molecule has 0 radical (unpaired) electrons. The van der Waals surface area contributed by atoms with Gasteiger partial charge in [-0.3, -0.25) is 14.4 Å². The van der Waals surface area contributed by atoms with Gasteiger partial charge in [0.05, 0.1) is 16.5 Å². The van der Waals surface area contributed by atoms with Crippen LogP contribution in [0.3, 0.4) is 0 Å². The number of nitrogens with one attached hydrogen (secondary N) is 1. The number of hydrogen-bond acceptors (Lipinski definition) is 5. The highest BCUT2D eigenvalue weighted by molar-refractivity contribution is 6.10. The van der Waals surface area contributed by atoms with Gasteiger partial charge in [-0.05, 0) is 25.1 Å². The number of carbonyl (C=O) groups is 2. The number of anilines is 1. The molecular formula is C26H18F2N2O5. The van der Waals surface area contributed by atoms with Crippen molar-refractivity contribution in [1.29, 1.82) is 0 Å². The van der Waals surface area contributed by atoms with Gasteiger partial charge in [-0.2, -0.15) is 0 Å². The van der Waals surface area contributed by atoms with Crippen LogP contribution >= 0.6 is 0 Å². The van der Waals surface area contributed by atoms with Crippen molar-refractivity contribution in [2.45, 2.75) is 13.5 Å². The Bertz CT molecular complexity index is 1560. The molecule has 176 valence electrons. The molecule has 0 fully saturated rings. The van der Waals surface area contributed by atoms with Crippen molar-refractivity contribution in [1.82, 2.24) is 4.57 Å². The van der Waals surface area contributed by atoms with Crippen LogP contribution in [0.4, 0.5) is 14.5 Å². The van der Waals surface area contributed by atoms with E-state index >= 15 is 0 Å². The fourth-order valence-electron chi connectivity index (χ4n) is 3.86. The highest BCUT2D eigenvalue weighted by Crippen LogP contribution is 2.35. The van der Waals surface area contributed by atoms with Crippen LogP contribution < -0.4 is 20.2 Å². The van der Waals surface area contributed by atoms with Gasteiger partial charge in [0.2, 0.25) is 18.1 Å². The third kappa shape index (κ3) is 4.23. The largest absolute Gasteiger partial charge is 0.454 e. The van der Waals surface area contributed by atoms with Crippen molar-refractivity contribution in [3.8, 4) is 11.5 Å². The molecule has 4 aromatic rings. The Labute approximate surface area is 197 Å². The van der Waals surface area contributed by atoms with Crippen molar-refractivity contribution < 1.29 is 27.8 Å². The lowest BCUT2D eigenvalue weighted by Crippen LogP contribution is -2.24. The molecule has 0 aliphatic carbocycles. The summed E-state index contributed by atoms with van der Waals surface area (Å²) in [5, 5.41) is 2.67. The van der Waals surface area contributed by atoms with Crippen LogP contribution in [0.25, 0.3) is 10.9 Å². The summed E-state index contributed by atoms with van der Waals surface area (Å²) in [6, 6.07) is 12.8. The number of benzene rings is 3. The molecule has 0 spiro atoms. The van der Waals surface area contributed by atoms with E-state index < -0.39 is 28.8 Å². The standard InChI is InChI=1S/C26H18F2N2O5/c1-14-2-4-15(5-3-14)25(32)18-11-30(12-24(31)29-16-6-7-19(27)20(28)8-16)21-10-23-22(34-13-35-23)9-17(21)26(18)33/h2-11H,12-13H2,1H3,(H,29,31). The molecular weight excluding hydrogens is 458 g/mol. The predicted octanol–water partition coefficient (Wildman–Crippen LogP) is 4.19. The number of halogens is 2. The Morgan fingerprint density at radius 2 is 1.69 bits per heavy atom. The molecule has 0 saturated heterocycles. The first-order valence-electron chi connectivity index (χ1n) is 10.6. The summed E-state index contributed by atoms with van der Waals surface area (Å²) in [5.74, 6) is -2.46. The van der Waals surface area contributed by atoms with E-state index in [2.05, 4.69) is 5.32 Å². The summed E-state index contributed by atoms with van der Waals surface area (Å²) < 4.78 is 39.0. The topological polar surface area (TPSA) is 86.6 Å². The highest BCUT2D eigenvalue weighted by atomic mass is 19.2. The van der Waals surface area contributed by atoms with Crippen molar-refractivity contribution in [2.24, 2.45) is 0 Å². The van der Waals surface area contributed by atoms with Crippen LogP contribution in [0.1, 0.15) is 21.5 Å². The van der Waals surface area contributed by atoms with Gasteiger partial charge in [0.15, 0.2) is 28.9 Å². The summed E-state index contributed by atoms with van der Waals surface area (Å²) in [5.41, 5.74) is 1.06. The Morgan fingerprint density at radius 1 is 0.971 bits per heavy atom. The minimum Gasteiger partial charge on any atom is -0.454 e. The second-order valence-corrected chi connectivity index (χ2v) is 8.09. The van der Waals surface area contributed by atoms with Crippen LogP contribution in [0.2, 0.25) is 0 Å². The van der Waals surface area contributed by atoms with Crippen LogP contribution in [0, 0.1) is 18.6 Å². The maximum atomic E-state index is 13.5. The van der Waals surface area contributed by atoms with Gasteiger partial charge in [0.25, 0.3) is 0 Å². The van der Waals surface area contributed by atoms with Gasteiger partial charge in [-0.25, -0.2) is 8.78 Å². The van der Waals surface area contributed by atoms with Gasteiger partial charge >= 0.3 is 0 Å². The Balaban J connectivity index is 1.58. The third-order valence-corrected chi connectivity index (χ3v) is 5.65. The van der Waals surface area contributed by atoms with Crippen molar-refractivity contribution in [3.05, 3.63) is 99.3 Å². The lowest BCUT2D eigenvalue weighted by molar-refractivity contribution is -0.116. The second kappa shape index (κ2) is 8.68. The maximum absolute atomic E-state index is 13.5. The normalized spacial score (nSPS) is 12.1. The molecule has 1 N–H and O–H groups in total. The molecule has 7 nitrogen and oxygen atoms in total. The van der Waals surface area contributed by atoms with E-state index in [0.717, 1.165) is 17.7 Å². The Kier molecular flexibility index (Phi) is 5.52. The fourth-order valence-corrected chi connectivity index (χ4v) is 3.86. The number of ether oxygens (including phenoxy) is 2. The van der Waals surface area contributed by atoms with Crippen molar-refractivity contribution >= 4 is 28.3 Å². The molecule has 1 amide bonds. The molecule has 2 heterocycles. The second-order valence-electron chi connectivity index (χ2n) is 8.09. The zero-order valence-corrected chi connectivity index (χ0v) is 18.4. The number of amides is 1. The number of aryl methyl sites for hydroxylation is 1. The number of rotatable bonds is 5. The molecule has 1 aromatic heterocycles. The molecule has 9 heteroatoms. The van der Waals surface area contributed by atoms with Gasteiger partial charge in [0.1, 0.15) is 6.54 Å². The minimum atomic E-state index is -1.10. The van der Waals surface area contributed by atoms with E-state index in [1.165, 1.54) is 22.9 Å². The molecule has 0 bridgehead atoms. The van der Waals surface area contributed by atoms with Gasteiger partial charge in [-0.15, -0.1) is 0 Å². The average Bonchev–Trinajstić information content (AvgIpc) is 3.30. The first-order valence-corrected chi connectivity index (χ1v) is 10.6. The first-order chi connectivity index (χ1) is 16.8. The molecule has 3 aromatic carbocycles. The van der Waals surface area contributed by atoms with E-state index in [1.807, 2.05) is 6.92 Å². The molecule has 0 atom stereocenters. The van der Waals surface area contributed by atoms with E-state index in [9.17, 15) is 23.2 Å². The van der Waals surface area contributed by atoms with Crippen LogP contribution in [-0.4, -0.2) is 23.1 Å². The minimum absolute atomic E-state index is 0.0222. The Hall–Kier alpha value is -4.53. The first kappa shape index (κ1) is 22.3. The van der Waals surface area contributed by atoms with E-state index in [4.69, 9.17) is 9.47 Å². The molecule has 0 saturated carbocycles. The van der Waals surface area contributed by atoms with E-state index in [-0.39, 0.29) is 30.0 Å². The number of pyridine rings is 1. The fraction of sp³-hybridized carbons (Fsp3) is 0.115. The molecule has 35 heavy (non-hydrogen) atoms. The molecule has 5 rings (SSSR count). The summed E-state index contributed by atoms with van der Waals surface area (Å²) >= 11 is 0. The monoisotopic (exact) mass is 476 g/mol. The third-order valence-electron chi connectivity index (χ3n) is 5.65. The predicted molar refractivity (Wildman–Crippen MR) is 124 cm³/mol. The summed E-state index contributed by atoms with van der Waals surface area (Å²) in [6.07, 6.45) is 1.32. The average molecular weight is 476 g/mol. The van der Waals surface area contributed by atoms with Crippen molar-refractivity contribution in [3.63, 3.8) is 0 Å². The summed E-state index contributed by atoms with van der Waals surface area (Å²) in [6.45, 7) is 1.54. The smallest absolute Gasteiger partial charge is 0.244 e. The zero-order valence-electron chi connectivity index (χ0n) is 18.4. The van der Waals surface area contributed by atoms with Gasteiger partial charge in [-0.1, -0.05) is 29.8 Å². The highest BCUT2D eigenvalue weighted by Gasteiger charge is 2.22. The Morgan fingerprint density at radius 3 is 2.40 bits per heavy atom. The van der Waals surface area contributed by atoms with Crippen LogP contribution in [0.5, 0.6) is 11.5 Å². The zero-order chi connectivity index (χ0) is 24.7. The van der Waals surface area contributed by atoms with Crippen molar-refractivity contribution in [2.75, 3.05) is 12.1 Å². The van der Waals surface area contributed by atoms with E-state index in [1.54, 1.807) is 30.3 Å². The number of fused-ring (bicyclic) bond motifs is 2. The lowest BCUT2D eigenvalue weighted by atomic mass is 10.0. The number of nitrogens with zero attached hydrogens (tertiary/aromatic N) is 1. The summed E-state index contributed by atoms with van der Waals surface area (Å²) in [4.78, 5) is 39.3. The van der Waals surface area contributed by atoms with E-state index in [0.29, 0.717) is 22.6 Å². The van der Waals surface area contributed by atoms with Crippen LogP contribution in [-0.2, 0) is 11.3 Å². The number of carbonyl (C=O) groups excluding carboxylic acids is 2. The molecule has 0 unspecified atom stereocenters. The lowest BCUT2D eigenvalue weighted by Gasteiger charge is -2.14. The van der Waals surface area contributed by atoms with Crippen LogP contribution in [0.15, 0.2) is 65.6 Å². The quantitative estimate of drug-likeness (QED) is 0.437. The maximum Gasteiger partial charge on any atom is 0.244 e. The van der Waals surface area contributed by atoms with Gasteiger partial charge in [0, 0.05) is 29.6 Å². The number of hydrogen-bond donors (Lipinski definition) is 1. The number of ketones is 1. The summed E-state index contributed by atoms with van der Waals surface area (Å²) in [7, 11) is 0. The number of aromatic nitrogens is 1. The molecule has 1 aliphatic rings. The SMILES string of the molecule is Cc1ccc(C(=O)c2cn(CC(=O)Nc3ccc(F)c(F)c3)c3cc4c(cc3c2=O)OCO4)cc1. The van der Waals surface area contributed by atoms with Gasteiger partial charge < -0.3 is 19.4 Å². The molecule has 1 aliphatic heterocycles.